The molecule has 1 amide bonds. The summed E-state index contributed by atoms with van der Waals surface area (Å²) in [6.07, 6.45) is 5.14. The summed E-state index contributed by atoms with van der Waals surface area (Å²) in [7, 11) is 0. The molecule has 0 radical (unpaired) electrons. The minimum Gasteiger partial charge on any atom is -0.302 e. The summed E-state index contributed by atoms with van der Waals surface area (Å²) in [4.78, 5) is 17.3. The monoisotopic (exact) mass is 494 g/mol. The SMILES string of the molecule is CCn1ncc(-c2ccnc3cc(C(=O)Nc4nn(Cc5ccc(Cl)cc5)cc4Cl)nn23)c1C. The van der Waals surface area contributed by atoms with E-state index in [9.17, 15) is 4.79 Å². The van der Waals surface area contributed by atoms with Gasteiger partial charge in [0.05, 0.1) is 18.4 Å². The number of aryl methyl sites for hydroxylation is 1. The molecule has 0 atom stereocenters. The van der Waals surface area contributed by atoms with Crippen LogP contribution in [0.15, 0.2) is 55.0 Å². The van der Waals surface area contributed by atoms with Gasteiger partial charge in [-0.05, 0) is 37.6 Å². The molecule has 5 aromatic rings. The van der Waals surface area contributed by atoms with E-state index >= 15 is 0 Å². The zero-order chi connectivity index (χ0) is 23.8. The normalized spacial score (nSPS) is 11.3. The second-order valence-corrected chi connectivity index (χ2v) is 8.54. The number of nitrogens with zero attached hydrogens (tertiary/aromatic N) is 7. The Hall–Kier alpha value is -3.69. The van der Waals surface area contributed by atoms with Gasteiger partial charge in [0, 0.05) is 41.3 Å². The molecule has 0 unspecified atom stereocenters. The zero-order valence-electron chi connectivity index (χ0n) is 18.4. The predicted octanol–water partition coefficient (Wildman–Crippen LogP) is 4.73. The van der Waals surface area contributed by atoms with Crippen LogP contribution in [0.3, 0.4) is 0 Å². The molecule has 34 heavy (non-hydrogen) atoms. The second kappa shape index (κ2) is 8.92. The zero-order valence-corrected chi connectivity index (χ0v) is 19.9. The lowest BCUT2D eigenvalue weighted by Crippen LogP contribution is -2.14. The third-order valence-electron chi connectivity index (χ3n) is 5.48. The van der Waals surface area contributed by atoms with Crippen LogP contribution in [-0.4, -0.2) is 40.1 Å². The van der Waals surface area contributed by atoms with Crippen LogP contribution in [0.5, 0.6) is 0 Å². The molecular weight excluding hydrogens is 475 g/mol. The Morgan fingerprint density at radius 3 is 2.65 bits per heavy atom. The van der Waals surface area contributed by atoms with Crippen LogP contribution in [0, 0.1) is 6.92 Å². The first-order valence-electron chi connectivity index (χ1n) is 10.6. The highest BCUT2D eigenvalue weighted by Gasteiger charge is 2.18. The molecule has 0 bridgehead atoms. The first kappa shape index (κ1) is 22.1. The Balaban J connectivity index is 1.39. The highest BCUT2D eigenvalue weighted by Crippen LogP contribution is 2.25. The van der Waals surface area contributed by atoms with E-state index in [1.807, 2.05) is 48.9 Å². The van der Waals surface area contributed by atoms with Crippen LogP contribution < -0.4 is 5.32 Å². The Morgan fingerprint density at radius 1 is 1.12 bits per heavy atom. The van der Waals surface area contributed by atoms with Crippen molar-refractivity contribution in [3.8, 4) is 11.3 Å². The van der Waals surface area contributed by atoms with Crippen LogP contribution in [0.4, 0.5) is 5.82 Å². The predicted molar refractivity (Wildman–Crippen MR) is 130 cm³/mol. The summed E-state index contributed by atoms with van der Waals surface area (Å²) in [5, 5.41) is 17.0. The molecule has 0 spiro atoms. The number of hydrogen-bond acceptors (Lipinski definition) is 5. The third kappa shape index (κ3) is 4.15. The van der Waals surface area contributed by atoms with Crippen molar-refractivity contribution in [2.24, 2.45) is 0 Å². The number of anilines is 1. The van der Waals surface area contributed by atoms with Gasteiger partial charge in [-0.1, -0.05) is 35.3 Å². The lowest BCUT2D eigenvalue weighted by atomic mass is 10.2. The Morgan fingerprint density at radius 2 is 1.91 bits per heavy atom. The van der Waals surface area contributed by atoms with E-state index in [1.165, 1.54) is 0 Å². The van der Waals surface area contributed by atoms with E-state index in [2.05, 4.69) is 25.6 Å². The molecule has 1 N–H and O–H groups in total. The van der Waals surface area contributed by atoms with E-state index in [0.717, 1.165) is 29.1 Å². The van der Waals surface area contributed by atoms with Gasteiger partial charge in [0.25, 0.3) is 5.91 Å². The molecule has 5 rings (SSSR count). The number of amides is 1. The molecule has 11 heteroatoms. The summed E-state index contributed by atoms with van der Waals surface area (Å²) >= 11 is 12.3. The van der Waals surface area contributed by atoms with Gasteiger partial charge in [0.2, 0.25) is 0 Å². The number of carbonyl (C=O) groups is 1. The standard InChI is InChI=1S/C23H20Cl2N8O/c1-3-32-14(2)17(11-27-32)20-8-9-26-21-10-19(29-33(20)21)23(34)28-22-18(25)13-31(30-22)12-15-4-6-16(24)7-5-15/h4-11,13H,3,12H2,1-2H3,(H,28,30,34). The van der Waals surface area contributed by atoms with Gasteiger partial charge in [-0.15, -0.1) is 0 Å². The van der Waals surface area contributed by atoms with Crippen molar-refractivity contribution in [3.05, 3.63) is 82.0 Å². The van der Waals surface area contributed by atoms with Gasteiger partial charge in [0.1, 0.15) is 5.02 Å². The molecular formula is C23H20Cl2N8O. The second-order valence-electron chi connectivity index (χ2n) is 7.69. The van der Waals surface area contributed by atoms with Crippen molar-refractivity contribution < 1.29 is 4.79 Å². The van der Waals surface area contributed by atoms with Crippen LogP contribution >= 0.6 is 23.2 Å². The Labute approximate surface area is 204 Å². The number of hydrogen-bond donors (Lipinski definition) is 1. The lowest BCUT2D eigenvalue weighted by molar-refractivity contribution is 0.102. The largest absolute Gasteiger partial charge is 0.302 e. The van der Waals surface area contributed by atoms with Crippen molar-refractivity contribution in [3.63, 3.8) is 0 Å². The summed E-state index contributed by atoms with van der Waals surface area (Å²) in [6, 6.07) is 10.9. The van der Waals surface area contributed by atoms with Crippen LogP contribution in [0.2, 0.25) is 10.0 Å². The Bertz CT molecular complexity index is 1500. The molecule has 0 saturated heterocycles. The van der Waals surface area contributed by atoms with E-state index in [-0.39, 0.29) is 11.5 Å². The van der Waals surface area contributed by atoms with E-state index < -0.39 is 5.91 Å². The van der Waals surface area contributed by atoms with Crippen molar-refractivity contribution in [1.29, 1.82) is 0 Å². The molecule has 0 aliphatic carbocycles. The van der Waals surface area contributed by atoms with Crippen LogP contribution in [0.25, 0.3) is 16.9 Å². The average molecular weight is 495 g/mol. The molecule has 0 saturated carbocycles. The molecule has 0 aliphatic heterocycles. The van der Waals surface area contributed by atoms with Crippen LogP contribution in [0.1, 0.15) is 28.7 Å². The molecule has 4 heterocycles. The van der Waals surface area contributed by atoms with Crippen LogP contribution in [-0.2, 0) is 13.1 Å². The smallest absolute Gasteiger partial charge is 0.277 e. The average Bonchev–Trinajstić information content (AvgIpc) is 3.52. The van der Waals surface area contributed by atoms with Gasteiger partial charge in [0.15, 0.2) is 17.2 Å². The van der Waals surface area contributed by atoms with Crippen molar-refractivity contribution in [1.82, 2.24) is 34.2 Å². The summed E-state index contributed by atoms with van der Waals surface area (Å²) < 4.78 is 5.19. The summed E-state index contributed by atoms with van der Waals surface area (Å²) in [5.74, 6) is -0.179. The molecule has 0 fully saturated rings. The lowest BCUT2D eigenvalue weighted by Gasteiger charge is -2.04. The highest BCUT2D eigenvalue weighted by atomic mass is 35.5. The Kier molecular flexibility index (Phi) is 5.80. The van der Waals surface area contributed by atoms with Crippen molar-refractivity contribution in [2.45, 2.75) is 26.9 Å². The third-order valence-corrected chi connectivity index (χ3v) is 6.00. The molecule has 172 valence electrons. The van der Waals surface area contributed by atoms with Gasteiger partial charge in [-0.25, -0.2) is 9.50 Å². The van der Waals surface area contributed by atoms with E-state index in [0.29, 0.717) is 22.2 Å². The molecule has 0 aliphatic rings. The number of aromatic nitrogens is 7. The van der Waals surface area contributed by atoms with E-state index in [1.54, 1.807) is 33.9 Å². The van der Waals surface area contributed by atoms with Gasteiger partial charge in [-0.2, -0.15) is 15.3 Å². The quantitative estimate of drug-likeness (QED) is 0.368. The van der Waals surface area contributed by atoms with E-state index in [4.69, 9.17) is 23.2 Å². The molecule has 4 aromatic heterocycles. The number of carbonyl (C=O) groups excluding carboxylic acids is 1. The maximum atomic E-state index is 13.0. The minimum atomic E-state index is -0.434. The summed E-state index contributed by atoms with van der Waals surface area (Å²) in [5.41, 5.74) is 4.48. The first-order valence-corrected chi connectivity index (χ1v) is 11.3. The van der Waals surface area contributed by atoms with Gasteiger partial charge in [-0.3, -0.25) is 14.2 Å². The minimum absolute atomic E-state index is 0.198. The first-order chi connectivity index (χ1) is 16.4. The fourth-order valence-corrected chi connectivity index (χ4v) is 4.06. The van der Waals surface area contributed by atoms with Crippen molar-refractivity contribution >= 4 is 40.6 Å². The number of fused-ring (bicyclic) bond motifs is 1. The maximum absolute atomic E-state index is 13.0. The fraction of sp³-hybridized carbons (Fsp3) is 0.174. The summed E-state index contributed by atoms with van der Waals surface area (Å²) in [6.45, 7) is 5.28. The number of halogens is 2. The molecule has 1 aromatic carbocycles. The number of rotatable bonds is 6. The van der Waals surface area contributed by atoms with Crippen molar-refractivity contribution in [2.75, 3.05) is 5.32 Å². The fourth-order valence-electron chi connectivity index (χ4n) is 3.74. The molecule has 9 nitrogen and oxygen atoms in total. The highest BCUT2D eigenvalue weighted by molar-refractivity contribution is 6.33. The number of benzene rings is 1. The maximum Gasteiger partial charge on any atom is 0.277 e. The van der Waals surface area contributed by atoms with Gasteiger partial charge < -0.3 is 5.32 Å². The topological polar surface area (TPSA) is 94.9 Å². The number of nitrogens with one attached hydrogen (secondary N) is 1. The van der Waals surface area contributed by atoms with Gasteiger partial charge >= 0.3 is 0 Å².